The molecule has 0 aromatic carbocycles. The van der Waals surface area contributed by atoms with Crippen LogP contribution in [0.15, 0.2) is 0 Å². The maximum atomic E-state index is 3.70. The van der Waals surface area contributed by atoms with Gasteiger partial charge in [-0.3, -0.25) is 0 Å². The lowest BCUT2D eigenvalue weighted by atomic mass is 10.1. The first-order valence-electron chi connectivity index (χ1n) is 5.47. The smallest absolute Gasteiger partial charge is 0.0158 e. The van der Waals surface area contributed by atoms with E-state index in [2.05, 4.69) is 22.4 Å². The van der Waals surface area contributed by atoms with Crippen molar-refractivity contribution < 1.29 is 0 Å². The Morgan fingerprint density at radius 3 is 3.08 bits per heavy atom. The molecule has 2 nitrogen and oxygen atoms in total. The fraction of sp³-hybridized carbons (Fsp3) is 1.00. The van der Waals surface area contributed by atoms with Crippen molar-refractivity contribution in [3.05, 3.63) is 0 Å². The van der Waals surface area contributed by atoms with Crippen molar-refractivity contribution in [2.45, 2.75) is 25.3 Å². The van der Waals surface area contributed by atoms with Gasteiger partial charge >= 0.3 is 0 Å². The van der Waals surface area contributed by atoms with E-state index in [4.69, 9.17) is 0 Å². The molecule has 0 amide bonds. The van der Waals surface area contributed by atoms with Crippen molar-refractivity contribution in [2.24, 2.45) is 5.92 Å². The highest BCUT2D eigenvalue weighted by Gasteiger charge is 2.17. The molecular weight excluding hydrogens is 180 g/mol. The summed E-state index contributed by atoms with van der Waals surface area (Å²) in [5.74, 6) is 3.61. The SMILES string of the molecule is C1CSCC(NCC2CCNC2)C1. The molecule has 0 spiro atoms. The van der Waals surface area contributed by atoms with Crippen molar-refractivity contribution in [1.29, 1.82) is 0 Å². The van der Waals surface area contributed by atoms with Crippen LogP contribution in [-0.2, 0) is 0 Å². The molecule has 13 heavy (non-hydrogen) atoms. The molecular formula is C10H20N2S. The highest BCUT2D eigenvalue weighted by atomic mass is 32.2. The van der Waals surface area contributed by atoms with E-state index in [0.29, 0.717) is 0 Å². The van der Waals surface area contributed by atoms with Gasteiger partial charge in [-0.1, -0.05) is 0 Å². The third-order valence-electron chi connectivity index (χ3n) is 3.02. The first-order chi connectivity index (χ1) is 6.45. The minimum atomic E-state index is 0.805. The van der Waals surface area contributed by atoms with Gasteiger partial charge in [-0.15, -0.1) is 0 Å². The van der Waals surface area contributed by atoms with E-state index < -0.39 is 0 Å². The Morgan fingerprint density at radius 2 is 2.38 bits per heavy atom. The lowest BCUT2D eigenvalue weighted by Gasteiger charge is -2.23. The van der Waals surface area contributed by atoms with Crippen LogP contribution in [0.25, 0.3) is 0 Å². The largest absolute Gasteiger partial charge is 0.316 e. The maximum Gasteiger partial charge on any atom is 0.0158 e. The molecule has 2 aliphatic heterocycles. The van der Waals surface area contributed by atoms with Crippen molar-refractivity contribution in [1.82, 2.24) is 10.6 Å². The summed E-state index contributed by atoms with van der Waals surface area (Å²) >= 11 is 2.11. The van der Waals surface area contributed by atoms with Crippen molar-refractivity contribution in [3.8, 4) is 0 Å². The second-order valence-corrected chi connectivity index (χ2v) is 5.33. The van der Waals surface area contributed by atoms with Crippen LogP contribution in [0.3, 0.4) is 0 Å². The summed E-state index contributed by atoms with van der Waals surface area (Å²) in [5.41, 5.74) is 0. The van der Waals surface area contributed by atoms with Crippen molar-refractivity contribution in [2.75, 3.05) is 31.1 Å². The second-order valence-electron chi connectivity index (χ2n) is 4.18. The minimum Gasteiger partial charge on any atom is -0.316 e. The molecule has 0 saturated carbocycles. The predicted octanol–water partition coefficient (Wildman–Crippen LogP) is 1.08. The summed E-state index contributed by atoms with van der Waals surface area (Å²) < 4.78 is 0. The topological polar surface area (TPSA) is 24.1 Å². The number of hydrogen-bond acceptors (Lipinski definition) is 3. The van der Waals surface area contributed by atoms with Gasteiger partial charge in [0.05, 0.1) is 0 Å². The number of thioether (sulfide) groups is 1. The summed E-state index contributed by atoms with van der Waals surface area (Å²) in [6, 6.07) is 0.805. The van der Waals surface area contributed by atoms with Crippen molar-refractivity contribution in [3.63, 3.8) is 0 Å². The molecule has 2 atom stereocenters. The zero-order valence-corrected chi connectivity index (χ0v) is 9.04. The number of rotatable bonds is 3. The molecule has 2 fully saturated rings. The maximum absolute atomic E-state index is 3.70. The second kappa shape index (κ2) is 5.23. The quantitative estimate of drug-likeness (QED) is 0.713. The van der Waals surface area contributed by atoms with Crippen LogP contribution in [-0.4, -0.2) is 37.2 Å². The van der Waals surface area contributed by atoms with Gasteiger partial charge in [-0.25, -0.2) is 0 Å². The molecule has 0 aromatic heterocycles. The molecule has 0 aliphatic carbocycles. The minimum absolute atomic E-state index is 0.805. The molecule has 3 heteroatoms. The van der Waals surface area contributed by atoms with E-state index in [0.717, 1.165) is 12.0 Å². The molecule has 2 aliphatic rings. The zero-order valence-electron chi connectivity index (χ0n) is 8.22. The Hall–Kier alpha value is 0.270. The summed E-state index contributed by atoms with van der Waals surface area (Å²) in [6.45, 7) is 3.69. The standard InChI is InChI=1S/C10H20N2S/c1-2-10(8-13-5-1)12-7-9-3-4-11-6-9/h9-12H,1-8H2. The monoisotopic (exact) mass is 200 g/mol. The molecule has 2 unspecified atom stereocenters. The fourth-order valence-electron chi connectivity index (χ4n) is 2.12. The summed E-state index contributed by atoms with van der Waals surface area (Å²) in [5, 5.41) is 7.12. The van der Waals surface area contributed by atoms with E-state index in [1.54, 1.807) is 0 Å². The van der Waals surface area contributed by atoms with E-state index in [9.17, 15) is 0 Å². The van der Waals surface area contributed by atoms with Gasteiger partial charge in [0.1, 0.15) is 0 Å². The van der Waals surface area contributed by atoms with E-state index in [-0.39, 0.29) is 0 Å². The van der Waals surface area contributed by atoms with Crippen LogP contribution in [0.2, 0.25) is 0 Å². The van der Waals surface area contributed by atoms with Crippen LogP contribution in [0, 0.1) is 5.92 Å². The van der Waals surface area contributed by atoms with E-state index >= 15 is 0 Å². The zero-order chi connectivity index (χ0) is 8.93. The first kappa shape index (κ1) is 9.81. The number of hydrogen-bond donors (Lipinski definition) is 2. The molecule has 2 heterocycles. The lowest BCUT2D eigenvalue weighted by Crippen LogP contribution is -2.37. The Bertz CT molecular complexity index is 140. The molecule has 0 bridgehead atoms. The summed E-state index contributed by atoms with van der Waals surface area (Å²) in [6.07, 6.45) is 4.17. The van der Waals surface area contributed by atoms with Crippen LogP contribution < -0.4 is 10.6 Å². The van der Waals surface area contributed by atoms with Gasteiger partial charge in [0.2, 0.25) is 0 Å². The fourth-order valence-corrected chi connectivity index (χ4v) is 3.23. The molecule has 0 aromatic rings. The highest BCUT2D eigenvalue weighted by Crippen LogP contribution is 2.17. The Morgan fingerprint density at radius 1 is 1.38 bits per heavy atom. The average molecular weight is 200 g/mol. The lowest BCUT2D eigenvalue weighted by molar-refractivity contribution is 0.442. The van der Waals surface area contributed by atoms with Gasteiger partial charge in [0.25, 0.3) is 0 Å². The van der Waals surface area contributed by atoms with Crippen LogP contribution in [0.4, 0.5) is 0 Å². The third kappa shape index (κ3) is 3.15. The van der Waals surface area contributed by atoms with Crippen molar-refractivity contribution >= 4 is 11.8 Å². The number of nitrogens with one attached hydrogen (secondary N) is 2. The normalized spacial score (nSPS) is 35.1. The van der Waals surface area contributed by atoms with Gasteiger partial charge in [-0.05, 0) is 50.6 Å². The molecule has 76 valence electrons. The first-order valence-corrected chi connectivity index (χ1v) is 6.62. The summed E-state index contributed by atoms with van der Waals surface area (Å²) in [7, 11) is 0. The van der Waals surface area contributed by atoms with Crippen LogP contribution in [0.1, 0.15) is 19.3 Å². The molecule has 0 radical (unpaired) electrons. The molecule has 2 saturated heterocycles. The predicted molar refractivity (Wildman–Crippen MR) is 59.3 cm³/mol. The van der Waals surface area contributed by atoms with Gasteiger partial charge in [-0.2, -0.15) is 11.8 Å². The summed E-state index contributed by atoms with van der Waals surface area (Å²) in [4.78, 5) is 0. The van der Waals surface area contributed by atoms with Crippen LogP contribution >= 0.6 is 11.8 Å². The molecule has 2 rings (SSSR count). The van der Waals surface area contributed by atoms with E-state index in [1.165, 1.54) is 50.4 Å². The Balaban J connectivity index is 1.60. The van der Waals surface area contributed by atoms with Crippen LogP contribution in [0.5, 0.6) is 0 Å². The Labute approximate surface area is 85.2 Å². The van der Waals surface area contributed by atoms with Gasteiger partial charge in [0, 0.05) is 11.8 Å². The highest BCUT2D eigenvalue weighted by molar-refractivity contribution is 7.99. The molecule has 2 N–H and O–H groups in total. The van der Waals surface area contributed by atoms with Gasteiger partial charge in [0.15, 0.2) is 0 Å². The average Bonchev–Trinajstić information content (AvgIpc) is 2.69. The third-order valence-corrected chi connectivity index (χ3v) is 4.23. The van der Waals surface area contributed by atoms with E-state index in [1.807, 2.05) is 0 Å². The Kier molecular flexibility index (Phi) is 3.94. The van der Waals surface area contributed by atoms with Gasteiger partial charge < -0.3 is 10.6 Å².